The predicted molar refractivity (Wildman–Crippen MR) is 153 cm³/mol. The minimum Gasteiger partial charge on any atom is -0.455 e. The van der Waals surface area contributed by atoms with Gasteiger partial charge in [0.2, 0.25) is 10.0 Å². The number of sulfonamides is 1. The number of benzene rings is 4. The number of amides is 1. The number of halogens is 1. The molecule has 0 saturated heterocycles. The lowest BCUT2D eigenvalue weighted by Gasteiger charge is -2.14. The van der Waals surface area contributed by atoms with Crippen LogP contribution >= 0.6 is 0 Å². The largest absolute Gasteiger partial charge is 0.455 e. The van der Waals surface area contributed by atoms with Gasteiger partial charge < -0.3 is 9.73 Å². The Morgan fingerprint density at radius 3 is 2.28 bits per heavy atom. The van der Waals surface area contributed by atoms with E-state index in [2.05, 4.69) is 10.0 Å². The number of furan rings is 1. The maximum absolute atomic E-state index is 13.6. The third kappa shape index (κ3) is 5.56. The number of anilines is 1. The molecule has 1 heterocycles. The highest BCUT2D eigenvalue weighted by atomic mass is 32.2. The van der Waals surface area contributed by atoms with Crippen molar-refractivity contribution in [2.24, 2.45) is 0 Å². The Kier molecular flexibility index (Phi) is 7.21. The van der Waals surface area contributed by atoms with Gasteiger partial charge in [-0.2, -0.15) is 0 Å². The summed E-state index contributed by atoms with van der Waals surface area (Å²) >= 11 is 0. The van der Waals surface area contributed by atoms with Crippen LogP contribution in [0, 0.1) is 12.7 Å². The van der Waals surface area contributed by atoms with E-state index in [1.54, 1.807) is 12.1 Å². The van der Waals surface area contributed by atoms with Crippen LogP contribution in [0.5, 0.6) is 0 Å². The molecule has 4 aromatic carbocycles. The van der Waals surface area contributed by atoms with Crippen molar-refractivity contribution in [1.29, 1.82) is 0 Å². The molecule has 39 heavy (non-hydrogen) atoms. The van der Waals surface area contributed by atoms with Gasteiger partial charge in [0.25, 0.3) is 5.91 Å². The van der Waals surface area contributed by atoms with Crippen molar-refractivity contribution in [3.8, 4) is 22.5 Å². The maximum atomic E-state index is 13.6. The van der Waals surface area contributed by atoms with Crippen LogP contribution in [0.4, 0.5) is 10.1 Å². The zero-order valence-electron chi connectivity index (χ0n) is 21.5. The molecule has 2 N–H and O–H groups in total. The van der Waals surface area contributed by atoms with Crippen LogP contribution in [0.3, 0.4) is 0 Å². The predicted octanol–water partition coefficient (Wildman–Crippen LogP) is 6.56. The molecule has 0 fully saturated rings. The SMILES string of the molecule is CNC(=O)c1c(-c2ccc(F)cc2)oc2cc(NS(=O)(=O)CCc3ccccc3C)c(-c3ccccc3)cc12. The first-order chi connectivity index (χ1) is 18.8. The summed E-state index contributed by atoms with van der Waals surface area (Å²) in [6.07, 6.45) is 0.362. The molecule has 0 saturated carbocycles. The molecule has 198 valence electrons. The van der Waals surface area contributed by atoms with Gasteiger partial charge in [0.05, 0.1) is 17.0 Å². The number of hydrogen-bond acceptors (Lipinski definition) is 4. The van der Waals surface area contributed by atoms with Gasteiger partial charge in [-0.15, -0.1) is 0 Å². The number of fused-ring (bicyclic) bond motifs is 1. The number of carbonyl (C=O) groups is 1. The number of nitrogens with one attached hydrogen (secondary N) is 2. The molecular weight excluding hydrogens is 515 g/mol. The van der Waals surface area contributed by atoms with Gasteiger partial charge in [0.1, 0.15) is 17.2 Å². The quantitative estimate of drug-likeness (QED) is 0.233. The normalized spacial score (nSPS) is 11.5. The van der Waals surface area contributed by atoms with Crippen LogP contribution in [0.15, 0.2) is 95.4 Å². The van der Waals surface area contributed by atoms with Crippen molar-refractivity contribution in [3.05, 3.63) is 114 Å². The van der Waals surface area contributed by atoms with Gasteiger partial charge in [-0.25, -0.2) is 12.8 Å². The van der Waals surface area contributed by atoms with Crippen molar-refractivity contribution in [2.75, 3.05) is 17.5 Å². The van der Waals surface area contributed by atoms with Gasteiger partial charge in [-0.05, 0) is 60.4 Å². The first kappa shape index (κ1) is 26.2. The Hall–Kier alpha value is -4.43. The summed E-state index contributed by atoms with van der Waals surface area (Å²) in [7, 11) is -2.22. The molecule has 0 aliphatic heterocycles. The Labute approximate surface area is 226 Å². The van der Waals surface area contributed by atoms with Crippen molar-refractivity contribution in [2.45, 2.75) is 13.3 Å². The van der Waals surface area contributed by atoms with E-state index in [1.807, 2.05) is 61.5 Å². The molecule has 0 radical (unpaired) electrons. The first-order valence-corrected chi connectivity index (χ1v) is 14.1. The summed E-state index contributed by atoms with van der Waals surface area (Å²) < 4.78 is 49.0. The van der Waals surface area contributed by atoms with Crippen molar-refractivity contribution in [1.82, 2.24) is 5.32 Å². The summed E-state index contributed by atoms with van der Waals surface area (Å²) in [5.41, 5.74) is 4.82. The Morgan fingerprint density at radius 1 is 0.897 bits per heavy atom. The van der Waals surface area contributed by atoms with Crippen LogP contribution in [-0.4, -0.2) is 27.1 Å². The fourth-order valence-electron chi connectivity index (χ4n) is 4.59. The standard InChI is InChI=1S/C31H27FN2O4S/c1-20-8-6-7-9-21(20)16-17-39(36,37)34-27-19-28-26(18-25(27)22-10-4-3-5-11-22)29(31(35)33-2)30(38-28)23-12-14-24(32)15-13-23/h3-15,18-19,34H,16-17H2,1-2H3,(H,33,35). The lowest BCUT2D eigenvalue weighted by Crippen LogP contribution is -2.19. The molecule has 0 atom stereocenters. The molecule has 5 aromatic rings. The van der Waals surface area contributed by atoms with Crippen LogP contribution in [0.1, 0.15) is 21.5 Å². The highest BCUT2D eigenvalue weighted by molar-refractivity contribution is 7.92. The lowest BCUT2D eigenvalue weighted by atomic mass is 9.99. The van der Waals surface area contributed by atoms with Crippen LogP contribution in [-0.2, 0) is 16.4 Å². The van der Waals surface area contributed by atoms with E-state index in [1.165, 1.54) is 31.3 Å². The van der Waals surface area contributed by atoms with E-state index in [4.69, 9.17) is 4.42 Å². The fraction of sp³-hybridized carbons (Fsp3) is 0.129. The van der Waals surface area contributed by atoms with Gasteiger partial charge in [0, 0.05) is 29.6 Å². The molecule has 6 nitrogen and oxygen atoms in total. The Balaban J connectivity index is 1.63. The summed E-state index contributed by atoms with van der Waals surface area (Å²) in [6.45, 7) is 1.95. The average Bonchev–Trinajstić information content (AvgIpc) is 3.30. The van der Waals surface area contributed by atoms with E-state index in [-0.39, 0.29) is 23.0 Å². The second-order valence-corrected chi connectivity index (χ2v) is 11.1. The van der Waals surface area contributed by atoms with Crippen molar-refractivity contribution in [3.63, 3.8) is 0 Å². The second-order valence-electron chi connectivity index (χ2n) is 9.25. The number of hydrogen-bond donors (Lipinski definition) is 2. The van der Waals surface area contributed by atoms with E-state index in [9.17, 15) is 17.6 Å². The van der Waals surface area contributed by atoms with Crippen molar-refractivity contribution >= 4 is 32.6 Å². The van der Waals surface area contributed by atoms with Gasteiger partial charge in [0.15, 0.2) is 0 Å². The average molecular weight is 543 g/mol. The maximum Gasteiger partial charge on any atom is 0.255 e. The van der Waals surface area contributed by atoms with Crippen molar-refractivity contribution < 1.29 is 22.0 Å². The summed E-state index contributed by atoms with van der Waals surface area (Å²) in [4.78, 5) is 13.0. The molecule has 0 aliphatic carbocycles. The molecule has 0 unspecified atom stereocenters. The lowest BCUT2D eigenvalue weighted by molar-refractivity contribution is 0.0964. The van der Waals surface area contributed by atoms with Crippen LogP contribution in [0.25, 0.3) is 33.4 Å². The zero-order valence-corrected chi connectivity index (χ0v) is 22.3. The molecule has 0 aliphatic rings. The third-order valence-corrected chi connectivity index (χ3v) is 7.91. The first-order valence-electron chi connectivity index (χ1n) is 12.4. The summed E-state index contributed by atoms with van der Waals surface area (Å²) in [5, 5.41) is 3.16. The molecule has 8 heteroatoms. The molecule has 1 aromatic heterocycles. The van der Waals surface area contributed by atoms with E-state index in [0.29, 0.717) is 34.2 Å². The van der Waals surface area contributed by atoms with Gasteiger partial charge in [-0.3, -0.25) is 9.52 Å². The number of aryl methyl sites for hydroxylation is 2. The Bertz CT molecular complexity index is 1760. The third-order valence-electron chi connectivity index (χ3n) is 6.64. The minimum absolute atomic E-state index is 0.105. The number of rotatable bonds is 8. The molecular formula is C31H27FN2O4S. The van der Waals surface area contributed by atoms with E-state index < -0.39 is 15.8 Å². The van der Waals surface area contributed by atoms with Crippen LogP contribution in [0.2, 0.25) is 0 Å². The minimum atomic E-state index is -3.74. The fourth-order valence-corrected chi connectivity index (χ4v) is 5.69. The summed E-state index contributed by atoms with van der Waals surface area (Å²) in [6, 6.07) is 26.0. The van der Waals surface area contributed by atoms with E-state index >= 15 is 0 Å². The topological polar surface area (TPSA) is 88.4 Å². The monoisotopic (exact) mass is 542 g/mol. The molecule has 5 rings (SSSR count). The molecule has 1 amide bonds. The van der Waals surface area contributed by atoms with Gasteiger partial charge >= 0.3 is 0 Å². The summed E-state index contributed by atoms with van der Waals surface area (Å²) in [5.74, 6) is -0.626. The smallest absolute Gasteiger partial charge is 0.255 e. The molecule has 0 bridgehead atoms. The van der Waals surface area contributed by atoms with Gasteiger partial charge in [-0.1, -0.05) is 54.6 Å². The second kappa shape index (κ2) is 10.7. The van der Waals surface area contributed by atoms with Crippen LogP contribution < -0.4 is 10.0 Å². The zero-order chi connectivity index (χ0) is 27.6. The molecule has 0 spiro atoms. The highest BCUT2D eigenvalue weighted by Crippen LogP contribution is 2.40. The Morgan fingerprint density at radius 2 is 1.59 bits per heavy atom. The number of carbonyl (C=O) groups excluding carboxylic acids is 1. The van der Waals surface area contributed by atoms with E-state index in [0.717, 1.165) is 16.7 Å². The highest BCUT2D eigenvalue weighted by Gasteiger charge is 2.24.